The molecular formula is C15H18N2O2. The summed E-state index contributed by atoms with van der Waals surface area (Å²) in [5.41, 5.74) is 2.51. The molecule has 1 heterocycles. The third kappa shape index (κ3) is 2.47. The molecule has 0 aliphatic carbocycles. The maximum absolute atomic E-state index is 12.3. The highest BCUT2D eigenvalue weighted by Crippen LogP contribution is 2.29. The second-order valence-electron chi connectivity index (χ2n) is 5.28. The van der Waals surface area contributed by atoms with E-state index in [0.29, 0.717) is 6.54 Å². The van der Waals surface area contributed by atoms with Crippen molar-refractivity contribution in [3.63, 3.8) is 0 Å². The van der Waals surface area contributed by atoms with E-state index in [-0.39, 0.29) is 19.1 Å². The molecule has 2 rings (SSSR count). The van der Waals surface area contributed by atoms with Gasteiger partial charge in [-0.15, -0.1) is 0 Å². The fourth-order valence-electron chi connectivity index (χ4n) is 2.26. The van der Waals surface area contributed by atoms with Crippen LogP contribution in [-0.2, 0) is 16.1 Å². The van der Waals surface area contributed by atoms with Gasteiger partial charge in [0.2, 0.25) is 5.91 Å². The summed E-state index contributed by atoms with van der Waals surface area (Å²) in [6.07, 6.45) is 0. The van der Waals surface area contributed by atoms with Crippen molar-refractivity contribution in [2.75, 3.05) is 20.3 Å². The second-order valence-corrected chi connectivity index (χ2v) is 5.28. The maximum atomic E-state index is 12.3. The molecule has 0 saturated carbocycles. The third-order valence-electron chi connectivity index (χ3n) is 3.57. The molecule has 1 amide bonds. The van der Waals surface area contributed by atoms with Gasteiger partial charge < -0.3 is 9.64 Å². The normalized spacial score (nSPS) is 16.3. The lowest BCUT2D eigenvalue weighted by atomic mass is 9.86. The number of nitriles is 1. The van der Waals surface area contributed by atoms with E-state index < -0.39 is 5.41 Å². The Morgan fingerprint density at radius 2 is 2.16 bits per heavy atom. The summed E-state index contributed by atoms with van der Waals surface area (Å²) in [7, 11) is 1.74. The van der Waals surface area contributed by atoms with Crippen LogP contribution >= 0.6 is 0 Å². The van der Waals surface area contributed by atoms with Gasteiger partial charge in [0.15, 0.2) is 5.41 Å². The predicted molar refractivity (Wildman–Crippen MR) is 71.3 cm³/mol. The summed E-state index contributed by atoms with van der Waals surface area (Å²) in [6.45, 7) is 5.02. The van der Waals surface area contributed by atoms with Crippen molar-refractivity contribution < 1.29 is 9.53 Å². The van der Waals surface area contributed by atoms with Crippen LogP contribution in [0.5, 0.6) is 0 Å². The molecule has 0 unspecified atom stereocenters. The van der Waals surface area contributed by atoms with Gasteiger partial charge in [0.25, 0.3) is 0 Å². The van der Waals surface area contributed by atoms with Crippen LogP contribution in [0.2, 0.25) is 0 Å². The molecule has 1 aromatic rings. The summed E-state index contributed by atoms with van der Waals surface area (Å²) in [5, 5.41) is 9.14. The number of benzene rings is 1. The van der Waals surface area contributed by atoms with Crippen LogP contribution in [0, 0.1) is 30.6 Å². The largest absolute Gasteiger partial charge is 0.377 e. The van der Waals surface area contributed by atoms with Gasteiger partial charge in [-0.1, -0.05) is 23.8 Å². The smallest absolute Gasteiger partial charge is 0.247 e. The summed E-state index contributed by atoms with van der Waals surface area (Å²) >= 11 is 0. The van der Waals surface area contributed by atoms with Crippen molar-refractivity contribution in [1.82, 2.24) is 4.90 Å². The Labute approximate surface area is 113 Å². The number of aryl methyl sites for hydroxylation is 2. The standard InChI is InChI=1S/C15H18N2O2/c1-11-4-5-13(12(2)6-11)7-17(3)14(18)15(8-16)9-19-10-15/h4-6H,7,9-10H2,1-3H3. The first-order valence-electron chi connectivity index (χ1n) is 6.29. The summed E-state index contributed by atoms with van der Waals surface area (Å²) in [4.78, 5) is 13.9. The molecular weight excluding hydrogens is 240 g/mol. The zero-order chi connectivity index (χ0) is 14.0. The molecule has 1 aromatic carbocycles. The molecule has 4 heteroatoms. The number of ether oxygens (including phenoxy) is 1. The fourth-order valence-corrected chi connectivity index (χ4v) is 2.26. The van der Waals surface area contributed by atoms with E-state index in [9.17, 15) is 4.79 Å². The van der Waals surface area contributed by atoms with Gasteiger partial charge in [-0.25, -0.2) is 0 Å². The van der Waals surface area contributed by atoms with E-state index >= 15 is 0 Å². The lowest BCUT2D eigenvalue weighted by molar-refractivity contribution is -0.160. The molecule has 100 valence electrons. The monoisotopic (exact) mass is 258 g/mol. The van der Waals surface area contributed by atoms with Crippen LogP contribution in [0.15, 0.2) is 18.2 Å². The Hall–Kier alpha value is -1.86. The minimum atomic E-state index is -0.965. The van der Waals surface area contributed by atoms with Gasteiger partial charge in [0.05, 0.1) is 19.3 Å². The van der Waals surface area contributed by atoms with Crippen LogP contribution in [-0.4, -0.2) is 31.1 Å². The molecule has 0 atom stereocenters. The number of nitrogens with zero attached hydrogens (tertiary/aromatic N) is 2. The Morgan fingerprint density at radius 3 is 2.63 bits per heavy atom. The second kappa shape index (κ2) is 5.02. The molecule has 0 radical (unpaired) electrons. The van der Waals surface area contributed by atoms with Gasteiger partial charge in [-0.3, -0.25) is 4.79 Å². The minimum absolute atomic E-state index is 0.152. The Kier molecular flexibility index (Phi) is 3.59. The zero-order valence-corrected chi connectivity index (χ0v) is 11.6. The van der Waals surface area contributed by atoms with E-state index in [1.54, 1.807) is 11.9 Å². The Bertz CT molecular complexity index is 542. The van der Waals surface area contributed by atoms with Crippen LogP contribution in [0.4, 0.5) is 0 Å². The Balaban J connectivity index is 2.11. The molecule has 19 heavy (non-hydrogen) atoms. The van der Waals surface area contributed by atoms with Gasteiger partial charge in [0, 0.05) is 13.6 Å². The number of amides is 1. The van der Waals surface area contributed by atoms with Crippen molar-refractivity contribution in [2.24, 2.45) is 5.41 Å². The van der Waals surface area contributed by atoms with Crippen LogP contribution in [0.1, 0.15) is 16.7 Å². The molecule has 1 aliphatic rings. The van der Waals surface area contributed by atoms with Crippen LogP contribution in [0.3, 0.4) is 0 Å². The predicted octanol–water partition coefficient (Wildman–Crippen LogP) is 1.80. The van der Waals surface area contributed by atoms with E-state index in [4.69, 9.17) is 10.00 Å². The van der Waals surface area contributed by atoms with Crippen molar-refractivity contribution in [3.05, 3.63) is 34.9 Å². The molecule has 0 spiro atoms. The van der Waals surface area contributed by atoms with Gasteiger partial charge in [0.1, 0.15) is 0 Å². The quantitative estimate of drug-likeness (QED) is 0.830. The molecule has 1 saturated heterocycles. The van der Waals surface area contributed by atoms with Crippen molar-refractivity contribution in [2.45, 2.75) is 20.4 Å². The fraction of sp³-hybridized carbons (Fsp3) is 0.467. The van der Waals surface area contributed by atoms with Gasteiger partial charge in [-0.2, -0.15) is 5.26 Å². The number of hydrogen-bond donors (Lipinski definition) is 0. The summed E-state index contributed by atoms with van der Waals surface area (Å²) in [6, 6.07) is 8.25. The summed E-state index contributed by atoms with van der Waals surface area (Å²) in [5.74, 6) is -0.152. The van der Waals surface area contributed by atoms with Gasteiger partial charge in [-0.05, 0) is 25.0 Å². The first-order chi connectivity index (χ1) is 8.98. The van der Waals surface area contributed by atoms with E-state index in [0.717, 1.165) is 11.1 Å². The number of hydrogen-bond acceptors (Lipinski definition) is 3. The lowest BCUT2D eigenvalue weighted by Crippen LogP contribution is -2.53. The highest BCUT2D eigenvalue weighted by Gasteiger charge is 2.48. The summed E-state index contributed by atoms with van der Waals surface area (Å²) < 4.78 is 5.02. The first-order valence-corrected chi connectivity index (χ1v) is 6.29. The highest BCUT2D eigenvalue weighted by molar-refractivity contribution is 5.86. The van der Waals surface area contributed by atoms with Gasteiger partial charge >= 0.3 is 0 Å². The van der Waals surface area contributed by atoms with E-state index in [1.807, 2.05) is 26.0 Å². The topological polar surface area (TPSA) is 53.3 Å². The first kappa shape index (κ1) is 13.6. The molecule has 0 N–H and O–H groups in total. The lowest BCUT2D eigenvalue weighted by Gasteiger charge is -2.36. The zero-order valence-electron chi connectivity index (χ0n) is 11.6. The number of carbonyl (C=O) groups excluding carboxylic acids is 1. The van der Waals surface area contributed by atoms with Crippen molar-refractivity contribution in [3.8, 4) is 6.07 Å². The minimum Gasteiger partial charge on any atom is -0.377 e. The average Bonchev–Trinajstić information content (AvgIpc) is 2.32. The van der Waals surface area contributed by atoms with E-state index in [1.165, 1.54) is 5.56 Å². The third-order valence-corrected chi connectivity index (χ3v) is 3.57. The molecule has 1 aliphatic heterocycles. The van der Waals surface area contributed by atoms with Crippen LogP contribution in [0.25, 0.3) is 0 Å². The Morgan fingerprint density at radius 1 is 1.47 bits per heavy atom. The molecule has 0 aromatic heterocycles. The highest BCUT2D eigenvalue weighted by atomic mass is 16.5. The van der Waals surface area contributed by atoms with Crippen molar-refractivity contribution >= 4 is 5.91 Å². The molecule has 4 nitrogen and oxygen atoms in total. The SMILES string of the molecule is Cc1ccc(CN(C)C(=O)C2(C#N)COC2)c(C)c1. The van der Waals surface area contributed by atoms with Crippen LogP contribution < -0.4 is 0 Å². The average molecular weight is 258 g/mol. The number of rotatable bonds is 3. The maximum Gasteiger partial charge on any atom is 0.247 e. The molecule has 0 bridgehead atoms. The van der Waals surface area contributed by atoms with E-state index in [2.05, 4.69) is 12.1 Å². The number of carbonyl (C=O) groups is 1. The van der Waals surface area contributed by atoms with Crippen molar-refractivity contribution in [1.29, 1.82) is 5.26 Å². The molecule has 1 fully saturated rings.